The summed E-state index contributed by atoms with van der Waals surface area (Å²) in [6.45, 7) is 4.22. The van der Waals surface area contributed by atoms with Crippen molar-refractivity contribution < 1.29 is 4.74 Å². The van der Waals surface area contributed by atoms with Crippen molar-refractivity contribution in [1.82, 2.24) is 8.75 Å². The molecule has 11 aromatic carbocycles. The van der Waals surface area contributed by atoms with E-state index >= 15 is 0 Å². The van der Waals surface area contributed by atoms with Crippen LogP contribution in [0.5, 0.6) is 11.5 Å². The lowest BCUT2D eigenvalue weighted by molar-refractivity contribution is 0.479. The van der Waals surface area contributed by atoms with Crippen molar-refractivity contribution in [2.24, 2.45) is 0 Å². The standard InChI is InChI=1S/C68H48N2OS/c1-45-26-28-47(29-27-45)48-30-34-55(35-31-48)66-62(51-16-7-3-8-17-51)64(53-20-11-5-12-21-53)67(65(54-22-13-6-14-23-54)63(66)52-18-9-4-10-19-52)56-36-32-49(33-37-56)50-38-41-58(42-39-50)71-61-43-40-57(44-46(61)2)59-24-15-25-60-68(59)70-72-69-60/h3-44H,1-2H3. The maximum Gasteiger partial charge on any atom is 0.130 e. The first-order valence-electron chi connectivity index (χ1n) is 24.4. The third-order valence-electron chi connectivity index (χ3n) is 13.7. The molecule has 342 valence electrons. The second-order valence-electron chi connectivity index (χ2n) is 18.3. The highest BCUT2D eigenvalue weighted by molar-refractivity contribution is 7.00. The minimum atomic E-state index is 0.781. The quantitative estimate of drug-likeness (QED) is 0.130. The molecule has 0 spiro atoms. The lowest BCUT2D eigenvalue weighted by atomic mass is 9.74. The highest BCUT2D eigenvalue weighted by Crippen LogP contribution is 2.56. The molecule has 0 aliphatic heterocycles. The van der Waals surface area contributed by atoms with Crippen LogP contribution in [0.25, 0.3) is 111 Å². The zero-order chi connectivity index (χ0) is 48.4. The van der Waals surface area contributed by atoms with Crippen LogP contribution >= 0.6 is 11.7 Å². The maximum atomic E-state index is 6.49. The molecule has 0 atom stereocenters. The molecule has 4 heteroatoms. The normalized spacial score (nSPS) is 11.2. The number of hydrogen-bond donors (Lipinski definition) is 0. The summed E-state index contributed by atoms with van der Waals surface area (Å²) >= 11 is 1.24. The molecule has 0 N–H and O–H groups in total. The van der Waals surface area contributed by atoms with E-state index in [1.54, 1.807) is 0 Å². The van der Waals surface area contributed by atoms with E-state index in [1.165, 1.54) is 61.8 Å². The largest absolute Gasteiger partial charge is 0.457 e. The van der Waals surface area contributed by atoms with Crippen LogP contribution in [0.4, 0.5) is 0 Å². The fraction of sp³-hybridized carbons (Fsp3) is 0.0294. The number of fused-ring (bicyclic) bond motifs is 1. The highest BCUT2D eigenvalue weighted by Gasteiger charge is 2.29. The molecule has 1 aromatic heterocycles. The molecule has 1 heterocycles. The first-order chi connectivity index (χ1) is 35.5. The van der Waals surface area contributed by atoms with Crippen molar-refractivity contribution in [3.8, 4) is 112 Å². The van der Waals surface area contributed by atoms with Gasteiger partial charge in [-0.15, -0.1) is 0 Å². The average Bonchev–Trinajstić information content (AvgIpc) is 3.94. The summed E-state index contributed by atoms with van der Waals surface area (Å²) in [6.07, 6.45) is 0. The third kappa shape index (κ3) is 8.59. The predicted molar refractivity (Wildman–Crippen MR) is 302 cm³/mol. The van der Waals surface area contributed by atoms with Crippen molar-refractivity contribution in [2.75, 3.05) is 0 Å². The molecule has 0 aliphatic rings. The first kappa shape index (κ1) is 44.3. The van der Waals surface area contributed by atoms with Gasteiger partial charge in [0.05, 0.1) is 11.7 Å². The van der Waals surface area contributed by atoms with Gasteiger partial charge in [0.1, 0.15) is 22.5 Å². The average molecular weight is 941 g/mol. The van der Waals surface area contributed by atoms with Gasteiger partial charge in [0.25, 0.3) is 0 Å². The minimum Gasteiger partial charge on any atom is -0.457 e. The lowest BCUT2D eigenvalue weighted by Crippen LogP contribution is -2.02. The van der Waals surface area contributed by atoms with Crippen LogP contribution in [0.2, 0.25) is 0 Å². The Kier molecular flexibility index (Phi) is 12.0. The van der Waals surface area contributed by atoms with Gasteiger partial charge in [0.2, 0.25) is 0 Å². The Labute approximate surface area is 425 Å². The monoisotopic (exact) mass is 940 g/mol. The molecule has 0 aliphatic carbocycles. The number of hydrogen-bond acceptors (Lipinski definition) is 4. The SMILES string of the molecule is Cc1ccc(-c2ccc(-c3c(-c4ccccc4)c(-c4ccccc4)c(-c4ccc(-c5ccc(Oc6ccc(-c7cccc8nsnc78)cc6C)cc5)cc4)c(-c4ccccc4)c3-c3ccccc3)cc2)cc1. The van der Waals surface area contributed by atoms with Gasteiger partial charge in [-0.25, -0.2) is 0 Å². The van der Waals surface area contributed by atoms with Crippen molar-refractivity contribution in [1.29, 1.82) is 0 Å². The number of rotatable bonds is 11. The smallest absolute Gasteiger partial charge is 0.130 e. The maximum absolute atomic E-state index is 6.49. The Hall–Kier alpha value is -8.96. The van der Waals surface area contributed by atoms with Crippen molar-refractivity contribution in [3.05, 3.63) is 266 Å². The summed E-state index contributed by atoms with van der Waals surface area (Å²) in [4.78, 5) is 0. The summed E-state index contributed by atoms with van der Waals surface area (Å²) in [5.41, 5.74) is 25.0. The van der Waals surface area contributed by atoms with E-state index in [2.05, 4.69) is 259 Å². The van der Waals surface area contributed by atoms with Crippen molar-refractivity contribution in [3.63, 3.8) is 0 Å². The van der Waals surface area contributed by atoms with Gasteiger partial charge < -0.3 is 4.74 Å². The van der Waals surface area contributed by atoms with E-state index in [0.717, 1.165) is 83.7 Å². The number of ether oxygens (including phenoxy) is 1. The topological polar surface area (TPSA) is 35.0 Å². The minimum absolute atomic E-state index is 0.781. The molecule has 3 nitrogen and oxygen atoms in total. The van der Waals surface area contributed by atoms with Crippen LogP contribution < -0.4 is 4.74 Å². The van der Waals surface area contributed by atoms with E-state index in [4.69, 9.17) is 4.74 Å². The summed E-state index contributed by atoms with van der Waals surface area (Å²) in [6, 6.07) is 91.8. The molecular formula is C68H48N2OS. The van der Waals surface area contributed by atoms with E-state index in [0.29, 0.717) is 0 Å². The lowest BCUT2D eigenvalue weighted by Gasteiger charge is -2.29. The van der Waals surface area contributed by atoms with Gasteiger partial charge in [0.15, 0.2) is 0 Å². The molecular weight excluding hydrogens is 893 g/mol. The van der Waals surface area contributed by atoms with Crippen LogP contribution in [0.3, 0.4) is 0 Å². The van der Waals surface area contributed by atoms with Gasteiger partial charge in [-0.05, 0) is 144 Å². The second kappa shape index (κ2) is 19.4. The highest BCUT2D eigenvalue weighted by atomic mass is 32.1. The molecule has 0 radical (unpaired) electrons. The van der Waals surface area contributed by atoms with E-state index in [-0.39, 0.29) is 0 Å². The molecule has 72 heavy (non-hydrogen) atoms. The van der Waals surface area contributed by atoms with Gasteiger partial charge in [0, 0.05) is 5.56 Å². The van der Waals surface area contributed by atoms with Gasteiger partial charge in [-0.2, -0.15) is 8.75 Å². The van der Waals surface area contributed by atoms with Crippen molar-refractivity contribution in [2.45, 2.75) is 13.8 Å². The summed E-state index contributed by atoms with van der Waals surface area (Å²) in [5.74, 6) is 1.60. The van der Waals surface area contributed by atoms with Crippen LogP contribution in [0.15, 0.2) is 255 Å². The Morgan fingerprint density at radius 3 is 1.08 bits per heavy atom. The Morgan fingerprint density at radius 2 is 0.667 bits per heavy atom. The van der Waals surface area contributed by atoms with Crippen LogP contribution in [-0.4, -0.2) is 8.75 Å². The van der Waals surface area contributed by atoms with Crippen LogP contribution in [0.1, 0.15) is 11.1 Å². The zero-order valence-electron chi connectivity index (χ0n) is 40.0. The number of aromatic nitrogens is 2. The molecule has 12 rings (SSSR count). The summed E-state index contributed by atoms with van der Waals surface area (Å²) < 4.78 is 15.5. The number of aryl methyl sites for hydroxylation is 2. The Balaban J connectivity index is 1.00. The number of benzene rings is 11. The van der Waals surface area contributed by atoms with Crippen molar-refractivity contribution >= 4 is 22.8 Å². The Bertz CT molecular complexity index is 3730. The van der Waals surface area contributed by atoms with Crippen LogP contribution in [0, 0.1) is 13.8 Å². The predicted octanol–water partition coefficient (Wildman–Crippen LogP) is 19.1. The molecule has 0 bridgehead atoms. The van der Waals surface area contributed by atoms with Gasteiger partial charge in [-0.3, -0.25) is 0 Å². The summed E-state index contributed by atoms with van der Waals surface area (Å²) in [5, 5.41) is 0. The Morgan fingerprint density at radius 1 is 0.306 bits per heavy atom. The molecule has 0 fully saturated rings. The summed E-state index contributed by atoms with van der Waals surface area (Å²) in [7, 11) is 0. The van der Waals surface area contributed by atoms with E-state index in [9.17, 15) is 0 Å². The van der Waals surface area contributed by atoms with Gasteiger partial charge in [-0.1, -0.05) is 230 Å². The van der Waals surface area contributed by atoms with Gasteiger partial charge >= 0.3 is 0 Å². The molecule has 12 aromatic rings. The molecule has 0 saturated heterocycles. The fourth-order valence-corrected chi connectivity index (χ4v) is 10.7. The molecule has 0 amide bonds. The van der Waals surface area contributed by atoms with E-state index < -0.39 is 0 Å². The molecule has 0 unspecified atom stereocenters. The second-order valence-corrected chi connectivity index (χ2v) is 18.8. The van der Waals surface area contributed by atoms with E-state index in [1.807, 2.05) is 18.2 Å². The zero-order valence-corrected chi connectivity index (χ0v) is 40.8. The number of nitrogens with zero attached hydrogens (tertiary/aromatic N) is 2. The van der Waals surface area contributed by atoms with Crippen LogP contribution in [-0.2, 0) is 0 Å². The first-order valence-corrected chi connectivity index (χ1v) is 25.1. The fourth-order valence-electron chi connectivity index (χ4n) is 10.1. The molecule has 0 saturated carbocycles. The third-order valence-corrected chi connectivity index (χ3v) is 14.2.